The Labute approximate surface area is 91.7 Å². The molecule has 0 aromatic carbocycles. The summed E-state index contributed by atoms with van der Waals surface area (Å²) in [6.07, 6.45) is 0.548. The molecule has 0 aromatic heterocycles. The minimum absolute atomic E-state index is 0.136. The number of hydrogen-bond acceptors (Lipinski definition) is 4. The van der Waals surface area contributed by atoms with Crippen molar-refractivity contribution < 1.29 is 13.2 Å². The van der Waals surface area contributed by atoms with E-state index in [0.29, 0.717) is 19.6 Å². The van der Waals surface area contributed by atoms with Crippen LogP contribution in [0.2, 0.25) is 0 Å². The van der Waals surface area contributed by atoms with Gasteiger partial charge in [0.15, 0.2) is 0 Å². The first kappa shape index (κ1) is 14.8. The van der Waals surface area contributed by atoms with E-state index in [1.165, 1.54) is 7.11 Å². The molecule has 0 spiro atoms. The van der Waals surface area contributed by atoms with Crippen molar-refractivity contribution in [1.29, 1.82) is 0 Å². The minimum Gasteiger partial charge on any atom is -0.383 e. The summed E-state index contributed by atoms with van der Waals surface area (Å²) in [6, 6.07) is -0.417. The van der Waals surface area contributed by atoms with E-state index in [1.54, 1.807) is 13.8 Å². The average molecular weight is 239 g/mol. The molecule has 1 atom stereocenters. The number of nitrogens with one attached hydrogen (secondary N) is 2. The highest BCUT2D eigenvalue weighted by atomic mass is 32.2. The van der Waals surface area contributed by atoms with Gasteiger partial charge in [-0.1, -0.05) is 0 Å². The molecule has 6 nitrogen and oxygen atoms in total. The van der Waals surface area contributed by atoms with Gasteiger partial charge in [0.1, 0.15) is 0 Å². The predicted molar refractivity (Wildman–Crippen MR) is 59.7 cm³/mol. The monoisotopic (exact) mass is 239 g/mol. The van der Waals surface area contributed by atoms with E-state index >= 15 is 0 Å². The Hall–Kier alpha value is -0.210. The minimum atomic E-state index is -3.46. The van der Waals surface area contributed by atoms with Crippen molar-refractivity contribution >= 4 is 10.2 Å². The van der Waals surface area contributed by atoms with Crippen LogP contribution < -0.4 is 15.2 Å². The Morgan fingerprint density at radius 2 is 1.93 bits per heavy atom. The molecule has 0 aliphatic carbocycles. The summed E-state index contributed by atoms with van der Waals surface area (Å²) in [5.74, 6) is 0. The lowest BCUT2D eigenvalue weighted by Gasteiger charge is -2.18. The summed E-state index contributed by atoms with van der Waals surface area (Å²) in [5, 5.41) is 0. The molecule has 0 fully saturated rings. The van der Waals surface area contributed by atoms with Crippen LogP contribution in [0.5, 0.6) is 0 Å². The van der Waals surface area contributed by atoms with Crippen LogP contribution in [-0.2, 0) is 14.9 Å². The molecular formula is C8H21N3O3S. The van der Waals surface area contributed by atoms with Crippen LogP contribution in [0.25, 0.3) is 0 Å². The molecule has 0 radical (unpaired) electrons. The largest absolute Gasteiger partial charge is 0.383 e. The van der Waals surface area contributed by atoms with Crippen LogP contribution in [0.15, 0.2) is 0 Å². The van der Waals surface area contributed by atoms with Gasteiger partial charge in [-0.05, 0) is 26.8 Å². The third-order valence-corrected chi connectivity index (χ3v) is 3.02. The first-order valence-electron chi connectivity index (χ1n) is 4.90. The predicted octanol–water partition coefficient (Wildman–Crippen LogP) is -0.817. The van der Waals surface area contributed by atoms with Crippen molar-refractivity contribution in [2.75, 3.05) is 20.3 Å². The molecule has 4 N–H and O–H groups in total. The van der Waals surface area contributed by atoms with Crippen molar-refractivity contribution in [2.45, 2.75) is 32.4 Å². The number of rotatable bonds is 8. The normalized spacial score (nSPS) is 14.5. The van der Waals surface area contributed by atoms with Gasteiger partial charge < -0.3 is 10.5 Å². The summed E-state index contributed by atoms with van der Waals surface area (Å²) in [6.45, 7) is 4.25. The van der Waals surface area contributed by atoms with Crippen molar-refractivity contribution in [3.63, 3.8) is 0 Å². The summed E-state index contributed by atoms with van der Waals surface area (Å²) < 4.78 is 32.8. The van der Waals surface area contributed by atoms with Crippen molar-refractivity contribution in [3.05, 3.63) is 0 Å². The number of methoxy groups -OCH3 is 1. The quantitative estimate of drug-likeness (QED) is 0.516. The summed E-state index contributed by atoms with van der Waals surface area (Å²) in [7, 11) is -1.94. The van der Waals surface area contributed by atoms with E-state index < -0.39 is 10.2 Å². The van der Waals surface area contributed by atoms with Gasteiger partial charge >= 0.3 is 0 Å². The highest BCUT2D eigenvalue weighted by molar-refractivity contribution is 7.87. The standard InChI is InChI=1S/C8H21N3O3S/c1-7(2)10-15(12,13)11-8(4-5-9)6-14-3/h7-8,10-11H,4-6,9H2,1-3H3. The van der Waals surface area contributed by atoms with Gasteiger partial charge in [-0.15, -0.1) is 0 Å². The molecule has 0 saturated carbocycles. The molecule has 92 valence electrons. The van der Waals surface area contributed by atoms with E-state index in [1.807, 2.05) is 0 Å². The molecule has 0 aliphatic heterocycles. The molecule has 0 amide bonds. The van der Waals surface area contributed by atoms with Gasteiger partial charge in [0.25, 0.3) is 10.2 Å². The lowest BCUT2D eigenvalue weighted by Crippen LogP contribution is -2.47. The smallest absolute Gasteiger partial charge is 0.277 e. The second-order valence-corrected chi connectivity index (χ2v) is 5.10. The average Bonchev–Trinajstić information content (AvgIpc) is 2.01. The van der Waals surface area contributed by atoms with E-state index in [9.17, 15) is 8.42 Å². The Morgan fingerprint density at radius 3 is 2.33 bits per heavy atom. The highest BCUT2D eigenvalue weighted by Crippen LogP contribution is 1.94. The van der Waals surface area contributed by atoms with E-state index in [2.05, 4.69) is 9.44 Å². The van der Waals surface area contributed by atoms with Gasteiger partial charge in [0.05, 0.1) is 6.61 Å². The second kappa shape index (κ2) is 7.13. The van der Waals surface area contributed by atoms with Gasteiger partial charge in [-0.3, -0.25) is 0 Å². The van der Waals surface area contributed by atoms with Crippen LogP contribution >= 0.6 is 0 Å². The van der Waals surface area contributed by atoms with Crippen molar-refractivity contribution in [2.24, 2.45) is 5.73 Å². The molecule has 0 heterocycles. The summed E-state index contributed by atoms with van der Waals surface area (Å²) in [4.78, 5) is 0. The van der Waals surface area contributed by atoms with Gasteiger partial charge in [0, 0.05) is 19.2 Å². The molecule has 0 bridgehead atoms. The van der Waals surface area contributed by atoms with Gasteiger partial charge in [-0.2, -0.15) is 17.9 Å². The molecule has 0 saturated heterocycles. The molecule has 0 aliphatic rings. The Bertz CT molecular complexity index is 248. The zero-order chi connectivity index (χ0) is 11.9. The Balaban J connectivity index is 4.24. The number of ether oxygens (including phenoxy) is 1. The van der Waals surface area contributed by atoms with E-state index in [0.717, 1.165) is 0 Å². The third-order valence-electron chi connectivity index (χ3n) is 1.60. The van der Waals surface area contributed by atoms with Crippen LogP contribution in [0.1, 0.15) is 20.3 Å². The summed E-state index contributed by atoms with van der Waals surface area (Å²) in [5.41, 5.74) is 5.37. The molecule has 1 unspecified atom stereocenters. The Morgan fingerprint density at radius 1 is 1.33 bits per heavy atom. The fraction of sp³-hybridized carbons (Fsp3) is 1.00. The SMILES string of the molecule is COCC(CCN)NS(=O)(=O)NC(C)C. The Kier molecular flexibility index (Phi) is 7.03. The van der Waals surface area contributed by atoms with Gasteiger partial charge in [0.2, 0.25) is 0 Å². The molecule has 7 heteroatoms. The molecule has 15 heavy (non-hydrogen) atoms. The number of hydrogen-bond donors (Lipinski definition) is 3. The first-order chi connectivity index (χ1) is 6.91. The third kappa shape index (κ3) is 7.69. The lowest BCUT2D eigenvalue weighted by atomic mass is 10.2. The second-order valence-electron chi connectivity index (χ2n) is 3.62. The van der Waals surface area contributed by atoms with Gasteiger partial charge in [-0.25, -0.2) is 0 Å². The maximum Gasteiger partial charge on any atom is 0.277 e. The van der Waals surface area contributed by atoms with Crippen LogP contribution in [0.3, 0.4) is 0 Å². The zero-order valence-corrected chi connectivity index (χ0v) is 10.3. The maximum absolute atomic E-state index is 11.5. The molecular weight excluding hydrogens is 218 g/mol. The lowest BCUT2D eigenvalue weighted by molar-refractivity contribution is 0.172. The van der Waals surface area contributed by atoms with Crippen molar-refractivity contribution in [3.8, 4) is 0 Å². The van der Waals surface area contributed by atoms with Crippen molar-refractivity contribution in [1.82, 2.24) is 9.44 Å². The molecule has 0 aromatic rings. The topological polar surface area (TPSA) is 93.4 Å². The molecule has 0 rings (SSSR count). The van der Waals surface area contributed by atoms with Crippen LogP contribution in [0.4, 0.5) is 0 Å². The summed E-state index contributed by atoms with van der Waals surface area (Å²) >= 11 is 0. The fourth-order valence-electron chi connectivity index (χ4n) is 1.14. The highest BCUT2D eigenvalue weighted by Gasteiger charge is 2.17. The van der Waals surface area contributed by atoms with Crippen LogP contribution in [-0.4, -0.2) is 40.8 Å². The van der Waals surface area contributed by atoms with E-state index in [4.69, 9.17) is 10.5 Å². The van der Waals surface area contributed by atoms with E-state index in [-0.39, 0.29) is 12.1 Å². The first-order valence-corrected chi connectivity index (χ1v) is 6.38. The zero-order valence-electron chi connectivity index (χ0n) is 9.49. The van der Waals surface area contributed by atoms with Crippen LogP contribution in [0, 0.1) is 0 Å². The fourth-order valence-corrected chi connectivity index (χ4v) is 2.46. The number of nitrogens with two attached hydrogens (primary N) is 1. The maximum atomic E-state index is 11.5.